The summed E-state index contributed by atoms with van der Waals surface area (Å²) in [5, 5.41) is 15.0. The molecule has 10 nitrogen and oxygen atoms in total. The molecule has 2 atom stereocenters. The number of carboxylic acid groups (broad SMARTS) is 1. The zero-order valence-corrected chi connectivity index (χ0v) is 23.4. The Balaban J connectivity index is 1.75. The van der Waals surface area contributed by atoms with Gasteiger partial charge in [0.2, 0.25) is 0 Å². The van der Waals surface area contributed by atoms with Gasteiger partial charge in [0.25, 0.3) is 0 Å². The van der Waals surface area contributed by atoms with Crippen molar-refractivity contribution in [2.45, 2.75) is 19.0 Å². The molecule has 0 saturated carbocycles. The fraction of sp³-hybridized carbons (Fsp3) is 0.440. The van der Waals surface area contributed by atoms with E-state index in [0.29, 0.717) is 65.0 Å². The number of ether oxygens (including phenoxy) is 2. The Morgan fingerprint density at radius 3 is 2.92 bits per heavy atom. The number of carboxylic acids is 1. The molecule has 0 aliphatic carbocycles. The van der Waals surface area contributed by atoms with Crippen LogP contribution in [-0.2, 0) is 19.1 Å². The average molecular weight is 611 g/mol. The number of hydrogen-bond donors (Lipinski definition) is 2. The van der Waals surface area contributed by atoms with Gasteiger partial charge in [0.1, 0.15) is 11.9 Å². The van der Waals surface area contributed by atoms with Gasteiger partial charge in [-0.15, -0.1) is 11.3 Å². The topological polar surface area (TPSA) is 117 Å². The standard InChI is InChI=1S/C25H29BrFN5O5S/c1-3-37-25(35)21-19(12-32-7-8-36-14-16(32)11-31(2)13-20(33)34)29-23(24-28-6-9-38-24)30-22(21)17-5-4-15(27)10-18(17)26/h4-6,9-10,16,22H,3,7-8,11-14H2,1-2H3,(H,29,30)(H,33,34)/t16?,22-/m0/s1. The smallest absolute Gasteiger partial charge is 0.338 e. The number of carbonyl (C=O) groups excluding carboxylic acids is 1. The van der Waals surface area contributed by atoms with Crippen molar-refractivity contribution in [3.8, 4) is 0 Å². The molecular formula is C25H29BrFN5O5S. The molecule has 1 aromatic heterocycles. The van der Waals surface area contributed by atoms with Gasteiger partial charge in [-0.25, -0.2) is 14.2 Å². The van der Waals surface area contributed by atoms with Crippen LogP contribution in [0.25, 0.3) is 0 Å². The molecule has 1 unspecified atom stereocenters. The zero-order chi connectivity index (χ0) is 27.2. The third-order valence-electron chi connectivity index (χ3n) is 6.15. The Morgan fingerprint density at radius 2 is 2.24 bits per heavy atom. The third-order valence-corrected chi connectivity index (χ3v) is 7.62. The molecule has 1 saturated heterocycles. The van der Waals surface area contributed by atoms with E-state index in [1.165, 1.54) is 23.5 Å². The number of aromatic nitrogens is 1. The second-order valence-corrected chi connectivity index (χ2v) is 10.7. The first kappa shape index (κ1) is 28.3. The predicted octanol–water partition coefficient (Wildman–Crippen LogP) is 2.67. The molecule has 204 valence electrons. The fourth-order valence-electron chi connectivity index (χ4n) is 4.49. The lowest BCUT2D eigenvalue weighted by molar-refractivity contribution is -0.139. The number of rotatable bonds is 10. The van der Waals surface area contributed by atoms with Crippen molar-refractivity contribution in [1.29, 1.82) is 0 Å². The van der Waals surface area contributed by atoms with E-state index >= 15 is 0 Å². The summed E-state index contributed by atoms with van der Waals surface area (Å²) < 4.78 is 25.6. The minimum atomic E-state index is -0.908. The number of aliphatic carboxylic acids is 1. The number of thiazole rings is 1. The summed E-state index contributed by atoms with van der Waals surface area (Å²) >= 11 is 4.85. The molecule has 2 N–H and O–H groups in total. The molecule has 2 aromatic rings. The van der Waals surface area contributed by atoms with Crippen LogP contribution < -0.4 is 5.32 Å². The number of amidine groups is 1. The van der Waals surface area contributed by atoms with Gasteiger partial charge in [-0.1, -0.05) is 22.0 Å². The van der Waals surface area contributed by atoms with Gasteiger partial charge >= 0.3 is 11.9 Å². The van der Waals surface area contributed by atoms with Gasteiger partial charge in [-0.05, 0) is 31.7 Å². The molecule has 1 fully saturated rings. The van der Waals surface area contributed by atoms with Crippen molar-refractivity contribution >= 4 is 45.0 Å². The van der Waals surface area contributed by atoms with Gasteiger partial charge in [-0.2, -0.15) is 0 Å². The van der Waals surface area contributed by atoms with E-state index in [1.54, 1.807) is 31.1 Å². The second-order valence-electron chi connectivity index (χ2n) is 8.91. The maximum atomic E-state index is 14.0. The summed E-state index contributed by atoms with van der Waals surface area (Å²) in [6.45, 7) is 4.13. The number of morpholine rings is 1. The van der Waals surface area contributed by atoms with E-state index in [0.717, 1.165) is 0 Å². The van der Waals surface area contributed by atoms with Crippen molar-refractivity contribution < 1.29 is 28.6 Å². The van der Waals surface area contributed by atoms with Gasteiger partial charge in [-0.3, -0.25) is 19.6 Å². The number of carbonyl (C=O) groups is 2. The van der Waals surface area contributed by atoms with Crippen molar-refractivity contribution in [3.63, 3.8) is 0 Å². The Hall–Kier alpha value is -2.71. The van der Waals surface area contributed by atoms with E-state index in [9.17, 15) is 19.1 Å². The van der Waals surface area contributed by atoms with Crippen molar-refractivity contribution in [2.75, 3.05) is 53.0 Å². The molecule has 0 spiro atoms. The predicted molar refractivity (Wildman–Crippen MR) is 144 cm³/mol. The minimum absolute atomic E-state index is 0.0963. The van der Waals surface area contributed by atoms with Gasteiger partial charge < -0.3 is 19.9 Å². The Kier molecular flexibility index (Phi) is 9.60. The second kappa shape index (κ2) is 12.9. The zero-order valence-electron chi connectivity index (χ0n) is 21.0. The van der Waals surface area contributed by atoms with Crippen LogP contribution >= 0.6 is 27.3 Å². The van der Waals surface area contributed by atoms with Gasteiger partial charge in [0.15, 0.2) is 10.8 Å². The Bertz CT molecular complexity index is 1220. The highest BCUT2D eigenvalue weighted by atomic mass is 79.9. The Labute approximate surface area is 232 Å². The van der Waals surface area contributed by atoms with E-state index in [-0.39, 0.29) is 19.2 Å². The lowest BCUT2D eigenvalue weighted by Gasteiger charge is -2.39. The van der Waals surface area contributed by atoms with Crippen molar-refractivity contribution in [1.82, 2.24) is 20.1 Å². The molecule has 0 radical (unpaired) electrons. The monoisotopic (exact) mass is 609 g/mol. The quantitative estimate of drug-likeness (QED) is 0.392. The summed E-state index contributed by atoms with van der Waals surface area (Å²) in [5.41, 5.74) is 1.53. The lowest BCUT2D eigenvalue weighted by atomic mass is 9.95. The third kappa shape index (κ3) is 6.83. The maximum Gasteiger partial charge on any atom is 0.338 e. The largest absolute Gasteiger partial charge is 0.480 e. The molecule has 1 aromatic carbocycles. The summed E-state index contributed by atoms with van der Waals surface area (Å²) in [4.78, 5) is 37.7. The number of nitrogens with one attached hydrogen (secondary N) is 1. The van der Waals surface area contributed by atoms with Crippen LogP contribution in [0.3, 0.4) is 0 Å². The summed E-state index contributed by atoms with van der Waals surface area (Å²) in [7, 11) is 1.75. The number of nitrogens with zero attached hydrogens (tertiary/aromatic N) is 4. The highest BCUT2D eigenvalue weighted by molar-refractivity contribution is 9.10. The summed E-state index contributed by atoms with van der Waals surface area (Å²) in [5.74, 6) is -1.35. The molecule has 4 rings (SSSR count). The SMILES string of the molecule is CCOC(=O)C1=C(CN2CCOCC2CN(C)CC(=O)O)NC(c2nccs2)=N[C@H]1c1ccc(F)cc1Br. The van der Waals surface area contributed by atoms with Crippen LogP contribution in [0.2, 0.25) is 0 Å². The molecular weight excluding hydrogens is 581 g/mol. The molecule has 13 heteroatoms. The van der Waals surface area contributed by atoms with E-state index in [1.807, 2.05) is 5.38 Å². The van der Waals surface area contributed by atoms with Crippen molar-refractivity contribution in [2.24, 2.45) is 4.99 Å². The highest BCUT2D eigenvalue weighted by Crippen LogP contribution is 2.37. The first-order valence-corrected chi connectivity index (χ1v) is 13.8. The average Bonchev–Trinajstić information content (AvgIpc) is 3.40. The van der Waals surface area contributed by atoms with Gasteiger partial charge in [0, 0.05) is 47.4 Å². The van der Waals surface area contributed by atoms with Crippen molar-refractivity contribution in [3.05, 3.63) is 61.9 Å². The number of benzene rings is 1. The highest BCUT2D eigenvalue weighted by Gasteiger charge is 2.36. The van der Waals surface area contributed by atoms with Crippen LogP contribution in [0, 0.1) is 5.82 Å². The molecule has 38 heavy (non-hydrogen) atoms. The Morgan fingerprint density at radius 1 is 1.42 bits per heavy atom. The van der Waals surface area contributed by atoms with Crippen LogP contribution in [0.1, 0.15) is 23.5 Å². The number of aliphatic imine (C=N–C) groups is 1. The lowest BCUT2D eigenvalue weighted by Crippen LogP contribution is -2.53. The molecule has 2 aliphatic heterocycles. The van der Waals surface area contributed by atoms with Crippen LogP contribution in [0.4, 0.5) is 4.39 Å². The fourth-order valence-corrected chi connectivity index (χ4v) is 5.65. The normalized spacial score (nSPS) is 20.3. The van der Waals surface area contributed by atoms with Gasteiger partial charge in [0.05, 0.1) is 31.9 Å². The number of likely N-dealkylation sites (N-methyl/N-ethyl adjacent to an activating group) is 1. The molecule has 0 amide bonds. The van der Waals surface area contributed by atoms with Crippen LogP contribution in [0.15, 0.2) is 50.5 Å². The van der Waals surface area contributed by atoms with E-state index in [4.69, 9.17) is 14.5 Å². The number of esters is 1. The first-order valence-electron chi connectivity index (χ1n) is 12.1. The van der Waals surface area contributed by atoms with Crippen LogP contribution in [-0.4, -0.2) is 96.8 Å². The number of halogens is 2. The van der Waals surface area contributed by atoms with Crippen LogP contribution in [0.5, 0.6) is 0 Å². The maximum absolute atomic E-state index is 14.0. The molecule has 3 heterocycles. The molecule has 2 aliphatic rings. The summed E-state index contributed by atoms with van der Waals surface area (Å²) in [6, 6.07) is 3.40. The number of hydrogen-bond acceptors (Lipinski definition) is 10. The van der Waals surface area contributed by atoms with E-state index < -0.39 is 23.8 Å². The molecule has 0 bridgehead atoms. The first-order chi connectivity index (χ1) is 18.3. The minimum Gasteiger partial charge on any atom is -0.480 e. The summed E-state index contributed by atoms with van der Waals surface area (Å²) in [6.07, 6.45) is 1.67. The van der Waals surface area contributed by atoms with E-state index in [2.05, 4.69) is 31.1 Å².